The van der Waals surface area contributed by atoms with Crippen molar-refractivity contribution in [1.82, 2.24) is 0 Å². The van der Waals surface area contributed by atoms with E-state index >= 15 is 0 Å². The van der Waals surface area contributed by atoms with Gasteiger partial charge in [-0.05, 0) is 48.4 Å². The molecule has 0 amide bonds. The highest BCUT2D eigenvalue weighted by atomic mass is 35.5. The molecule has 0 aromatic heterocycles. The van der Waals surface area contributed by atoms with Gasteiger partial charge in [0, 0.05) is 16.5 Å². The second kappa shape index (κ2) is 9.86. The molecule has 30 heavy (non-hydrogen) atoms. The molecule has 0 spiro atoms. The van der Waals surface area contributed by atoms with E-state index in [0.717, 1.165) is 11.1 Å². The van der Waals surface area contributed by atoms with Crippen molar-refractivity contribution in [3.63, 3.8) is 0 Å². The first kappa shape index (κ1) is 22.0. The van der Waals surface area contributed by atoms with Gasteiger partial charge in [-0.15, -0.1) is 11.8 Å². The molecule has 152 valence electrons. The Kier molecular flexibility index (Phi) is 7.22. The molecule has 0 saturated heterocycles. The number of rotatable bonds is 7. The van der Waals surface area contributed by atoms with Crippen LogP contribution in [0.25, 0.3) is 0 Å². The Morgan fingerprint density at radius 1 is 1.03 bits per heavy atom. The van der Waals surface area contributed by atoms with Crippen LogP contribution in [0.15, 0.2) is 93.7 Å². The van der Waals surface area contributed by atoms with Crippen molar-refractivity contribution < 1.29 is 8.42 Å². The third-order valence-corrected chi connectivity index (χ3v) is 7.51. The first-order valence-corrected chi connectivity index (χ1v) is 11.9. The van der Waals surface area contributed by atoms with Crippen molar-refractivity contribution in [3.8, 4) is 6.07 Å². The predicted octanol–water partition coefficient (Wildman–Crippen LogP) is 6.16. The molecule has 0 saturated carbocycles. The topological polar surface area (TPSA) is 70.0 Å². The summed E-state index contributed by atoms with van der Waals surface area (Å²) in [6, 6.07) is 24.7. The lowest BCUT2D eigenvalue weighted by molar-refractivity contribution is 0.603. The average Bonchev–Trinajstić information content (AvgIpc) is 2.74. The van der Waals surface area contributed by atoms with Crippen LogP contribution in [0.4, 0.5) is 5.69 Å². The van der Waals surface area contributed by atoms with E-state index in [9.17, 15) is 13.7 Å². The van der Waals surface area contributed by atoms with Gasteiger partial charge in [0.2, 0.25) is 9.84 Å². The van der Waals surface area contributed by atoms with Gasteiger partial charge < -0.3 is 5.32 Å². The average molecular weight is 455 g/mol. The molecule has 0 fully saturated rings. The number of halogens is 1. The van der Waals surface area contributed by atoms with E-state index in [1.807, 2.05) is 55.5 Å². The molecular formula is C23H19ClN2O2S2. The molecule has 7 heteroatoms. The molecular weight excluding hydrogens is 436 g/mol. The van der Waals surface area contributed by atoms with E-state index in [1.165, 1.54) is 23.9 Å². The van der Waals surface area contributed by atoms with E-state index in [-0.39, 0.29) is 14.8 Å². The van der Waals surface area contributed by atoms with E-state index < -0.39 is 9.84 Å². The van der Waals surface area contributed by atoms with Crippen LogP contribution < -0.4 is 5.32 Å². The first-order chi connectivity index (χ1) is 14.4. The summed E-state index contributed by atoms with van der Waals surface area (Å²) in [5.74, 6) is 0.406. The van der Waals surface area contributed by atoms with Crippen LogP contribution in [-0.2, 0) is 15.6 Å². The van der Waals surface area contributed by atoms with Crippen molar-refractivity contribution in [2.75, 3.05) is 5.32 Å². The number of thioether (sulfide) groups is 1. The number of aryl methyl sites for hydroxylation is 1. The number of nitrogens with one attached hydrogen (secondary N) is 1. The maximum Gasteiger partial charge on any atom is 0.219 e. The first-order valence-electron chi connectivity index (χ1n) is 9.06. The number of sulfone groups is 1. The zero-order valence-electron chi connectivity index (χ0n) is 16.2. The number of anilines is 1. The zero-order chi connectivity index (χ0) is 21.6. The summed E-state index contributed by atoms with van der Waals surface area (Å²) in [4.78, 5) is -0.254. The van der Waals surface area contributed by atoms with E-state index in [4.69, 9.17) is 11.6 Å². The molecule has 1 N–H and O–H groups in total. The van der Waals surface area contributed by atoms with Crippen molar-refractivity contribution in [3.05, 3.63) is 105 Å². The Morgan fingerprint density at radius 2 is 1.73 bits per heavy atom. The molecule has 3 rings (SSSR count). The number of nitrogens with zero attached hydrogens (tertiary/aromatic N) is 1. The molecule has 4 nitrogen and oxygen atoms in total. The van der Waals surface area contributed by atoms with E-state index in [0.29, 0.717) is 16.5 Å². The van der Waals surface area contributed by atoms with Crippen LogP contribution in [0.3, 0.4) is 0 Å². The highest BCUT2D eigenvalue weighted by molar-refractivity contribution is 8.04. The largest absolute Gasteiger partial charge is 0.349 e. The summed E-state index contributed by atoms with van der Waals surface area (Å²) < 4.78 is 26.4. The van der Waals surface area contributed by atoms with Gasteiger partial charge in [-0.2, -0.15) is 5.26 Å². The van der Waals surface area contributed by atoms with Gasteiger partial charge in [0.05, 0.1) is 4.90 Å². The summed E-state index contributed by atoms with van der Waals surface area (Å²) in [6.45, 7) is 1.94. The van der Waals surface area contributed by atoms with Crippen molar-refractivity contribution >= 4 is 38.9 Å². The fourth-order valence-electron chi connectivity index (χ4n) is 2.73. The van der Waals surface area contributed by atoms with Gasteiger partial charge in [0.1, 0.15) is 11.1 Å². The predicted molar refractivity (Wildman–Crippen MR) is 124 cm³/mol. The molecule has 3 aromatic rings. The maximum atomic E-state index is 13.2. The second-order valence-electron chi connectivity index (χ2n) is 6.46. The third kappa shape index (κ3) is 5.25. The lowest BCUT2D eigenvalue weighted by atomic mass is 10.2. The highest BCUT2D eigenvalue weighted by Gasteiger charge is 2.25. The molecule has 0 heterocycles. The molecule has 0 unspecified atom stereocenters. The minimum atomic E-state index is -3.99. The van der Waals surface area contributed by atoms with Gasteiger partial charge in [-0.25, -0.2) is 8.42 Å². The van der Waals surface area contributed by atoms with Crippen LogP contribution in [0.2, 0.25) is 5.02 Å². The van der Waals surface area contributed by atoms with E-state index in [1.54, 1.807) is 24.3 Å². The molecule has 3 aromatic carbocycles. The minimum Gasteiger partial charge on any atom is -0.349 e. The summed E-state index contributed by atoms with van der Waals surface area (Å²) in [5.41, 5.74) is 2.56. The van der Waals surface area contributed by atoms with Gasteiger partial charge in [-0.3, -0.25) is 0 Å². The van der Waals surface area contributed by atoms with Gasteiger partial charge in [0.15, 0.2) is 4.91 Å². The molecule has 0 bridgehead atoms. The standard InChI is InChI=1S/C23H19ClN2O2S2/c1-17-8-7-10-19(14-17)26-23(29-16-18-9-5-6-13-21(18)24)22(15-25)30(27,28)20-11-3-2-4-12-20/h2-14,26H,16H2,1H3. The Labute approximate surface area is 186 Å². The number of benzene rings is 3. The molecule has 0 aliphatic carbocycles. The second-order valence-corrected chi connectivity index (χ2v) is 9.74. The monoisotopic (exact) mass is 454 g/mol. The van der Waals surface area contributed by atoms with E-state index in [2.05, 4.69) is 5.32 Å². The number of allylic oxidation sites excluding steroid dienone is 1. The summed E-state index contributed by atoms with van der Waals surface area (Å²) in [5, 5.41) is 13.8. The van der Waals surface area contributed by atoms with Crippen LogP contribution in [0, 0.1) is 18.3 Å². The van der Waals surface area contributed by atoms with Crippen LogP contribution in [0.1, 0.15) is 11.1 Å². The zero-order valence-corrected chi connectivity index (χ0v) is 18.6. The van der Waals surface area contributed by atoms with Gasteiger partial charge in [0.25, 0.3) is 0 Å². The van der Waals surface area contributed by atoms with Crippen LogP contribution in [-0.4, -0.2) is 8.42 Å². The number of hydrogen-bond acceptors (Lipinski definition) is 5. The smallest absolute Gasteiger partial charge is 0.219 e. The molecule has 0 radical (unpaired) electrons. The van der Waals surface area contributed by atoms with Crippen molar-refractivity contribution in [2.45, 2.75) is 17.6 Å². The molecule has 0 aliphatic rings. The van der Waals surface area contributed by atoms with Crippen LogP contribution in [0.5, 0.6) is 0 Å². The molecule has 0 atom stereocenters. The lowest BCUT2D eigenvalue weighted by Crippen LogP contribution is -2.10. The minimum absolute atomic E-state index is 0.0726. The number of nitriles is 1. The summed E-state index contributed by atoms with van der Waals surface area (Å²) >= 11 is 7.48. The Hall–Kier alpha value is -2.72. The molecule has 0 aliphatic heterocycles. The summed E-state index contributed by atoms with van der Waals surface area (Å²) in [7, 11) is -3.99. The van der Waals surface area contributed by atoms with Gasteiger partial charge >= 0.3 is 0 Å². The third-order valence-electron chi connectivity index (χ3n) is 4.24. The Bertz CT molecular complexity index is 1220. The highest BCUT2D eigenvalue weighted by Crippen LogP contribution is 2.32. The fraction of sp³-hybridized carbons (Fsp3) is 0.0870. The Morgan fingerprint density at radius 3 is 2.40 bits per heavy atom. The van der Waals surface area contributed by atoms with Crippen LogP contribution >= 0.6 is 23.4 Å². The van der Waals surface area contributed by atoms with Crippen molar-refractivity contribution in [2.24, 2.45) is 0 Å². The fourth-order valence-corrected chi connectivity index (χ4v) is 5.60. The maximum absolute atomic E-state index is 13.2. The normalized spacial score (nSPS) is 12.0. The Balaban J connectivity index is 2.06. The van der Waals surface area contributed by atoms with Gasteiger partial charge in [-0.1, -0.05) is 60.1 Å². The summed E-state index contributed by atoms with van der Waals surface area (Å²) in [6.07, 6.45) is 0. The lowest BCUT2D eigenvalue weighted by Gasteiger charge is -2.15. The SMILES string of the molecule is Cc1cccc(NC(SCc2ccccc2Cl)=C(C#N)S(=O)(=O)c2ccccc2)c1. The quantitative estimate of drug-likeness (QED) is 0.433. The number of hydrogen-bond donors (Lipinski definition) is 1. The van der Waals surface area contributed by atoms with Crippen molar-refractivity contribution in [1.29, 1.82) is 5.26 Å².